The van der Waals surface area contributed by atoms with E-state index in [2.05, 4.69) is 13.0 Å². The molecule has 1 saturated heterocycles. The van der Waals surface area contributed by atoms with Crippen LogP contribution in [0.1, 0.15) is 51.0 Å². The predicted octanol–water partition coefficient (Wildman–Crippen LogP) is 3.50. The molecule has 4 heteroatoms. The van der Waals surface area contributed by atoms with E-state index in [0.29, 0.717) is 12.5 Å². The highest BCUT2D eigenvalue weighted by Gasteiger charge is 2.29. The second kappa shape index (κ2) is 7.45. The molecular weight excluding hydrogens is 290 g/mol. The lowest BCUT2D eigenvalue weighted by atomic mass is 9.91. The van der Waals surface area contributed by atoms with Crippen molar-refractivity contribution in [3.8, 4) is 0 Å². The molecule has 0 aliphatic carbocycles. The third-order valence-electron chi connectivity index (χ3n) is 4.96. The molecule has 0 saturated carbocycles. The Balaban J connectivity index is 1.62. The number of para-hydroxylation sites is 1. The number of anilines is 1. The molecule has 1 aromatic rings. The Morgan fingerprint density at radius 1 is 1.35 bits per heavy atom. The molecule has 2 aliphatic heterocycles. The van der Waals surface area contributed by atoms with Crippen LogP contribution in [0.4, 0.5) is 5.69 Å². The lowest BCUT2D eigenvalue weighted by Gasteiger charge is -2.34. The molecule has 23 heavy (non-hydrogen) atoms. The smallest absolute Gasteiger partial charge is 0.255 e. The van der Waals surface area contributed by atoms with Crippen molar-refractivity contribution in [2.45, 2.75) is 57.7 Å². The number of hydrogen-bond donors (Lipinski definition) is 0. The first-order valence-electron chi connectivity index (χ1n) is 8.80. The number of rotatable bonds is 4. The summed E-state index contributed by atoms with van der Waals surface area (Å²) in [6.45, 7) is 6.17. The SMILES string of the molecule is CC(OCC1CCCCO1)C(=O)N1CCC(C)c2ccccc21. The fraction of sp³-hybridized carbons (Fsp3) is 0.632. The van der Waals surface area contributed by atoms with Crippen LogP contribution < -0.4 is 4.90 Å². The summed E-state index contributed by atoms with van der Waals surface area (Å²) < 4.78 is 11.5. The number of nitrogens with zero attached hydrogens (tertiary/aromatic N) is 1. The van der Waals surface area contributed by atoms with E-state index in [1.807, 2.05) is 30.0 Å². The quantitative estimate of drug-likeness (QED) is 0.853. The molecule has 0 spiro atoms. The van der Waals surface area contributed by atoms with Crippen molar-refractivity contribution >= 4 is 11.6 Å². The third-order valence-corrected chi connectivity index (χ3v) is 4.96. The van der Waals surface area contributed by atoms with Crippen LogP contribution in [0.5, 0.6) is 0 Å². The van der Waals surface area contributed by atoms with Gasteiger partial charge in [0.1, 0.15) is 6.10 Å². The molecule has 2 heterocycles. The molecule has 3 rings (SSSR count). The van der Waals surface area contributed by atoms with Gasteiger partial charge in [0, 0.05) is 18.8 Å². The summed E-state index contributed by atoms with van der Waals surface area (Å²) in [5.41, 5.74) is 2.30. The second-order valence-electron chi connectivity index (χ2n) is 6.70. The Hall–Kier alpha value is -1.39. The zero-order valence-corrected chi connectivity index (χ0v) is 14.2. The Morgan fingerprint density at radius 2 is 2.17 bits per heavy atom. The van der Waals surface area contributed by atoms with Gasteiger partial charge in [-0.3, -0.25) is 4.79 Å². The summed E-state index contributed by atoms with van der Waals surface area (Å²) in [5.74, 6) is 0.558. The topological polar surface area (TPSA) is 38.8 Å². The minimum atomic E-state index is -0.429. The van der Waals surface area contributed by atoms with Crippen molar-refractivity contribution in [3.05, 3.63) is 29.8 Å². The van der Waals surface area contributed by atoms with E-state index in [9.17, 15) is 4.79 Å². The highest BCUT2D eigenvalue weighted by molar-refractivity contribution is 5.97. The van der Waals surface area contributed by atoms with Crippen molar-refractivity contribution in [1.29, 1.82) is 0 Å². The Bertz CT molecular complexity index is 539. The van der Waals surface area contributed by atoms with Gasteiger partial charge in [0.25, 0.3) is 5.91 Å². The number of hydrogen-bond acceptors (Lipinski definition) is 3. The number of carbonyl (C=O) groups excluding carboxylic acids is 1. The van der Waals surface area contributed by atoms with Gasteiger partial charge in [-0.05, 0) is 50.2 Å². The molecule has 126 valence electrons. The molecule has 1 aromatic carbocycles. The van der Waals surface area contributed by atoms with Crippen LogP contribution in [-0.2, 0) is 14.3 Å². The molecule has 0 bridgehead atoms. The molecular formula is C19H27NO3. The van der Waals surface area contributed by atoms with E-state index < -0.39 is 6.10 Å². The molecule has 4 nitrogen and oxygen atoms in total. The fourth-order valence-corrected chi connectivity index (χ4v) is 3.46. The first-order chi connectivity index (χ1) is 11.2. The highest BCUT2D eigenvalue weighted by Crippen LogP contribution is 2.35. The summed E-state index contributed by atoms with van der Waals surface area (Å²) in [6.07, 6.45) is 4.07. The van der Waals surface area contributed by atoms with Crippen LogP contribution in [0.2, 0.25) is 0 Å². The van der Waals surface area contributed by atoms with Crippen LogP contribution in [0, 0.1) is 0 Å². The van der Waals surface area contributed by atoms with Crippen LogP contribution in [0.3, 0.4) is 0 Å². The monoisotopic (exact) mass is 317 g/mol. The minimum absolute atomic E-state index is 0.0557. The van der Waals surface area contributed by atoms with E-state index in [1.54, 1.807) is 0 Å². The number of carbonyl (C=O) groups is 1. The normalized spacial score (nSPS) is 25.7. The molecule has 0 radical (unpaired) electrons. The van der Waals surface area contributed by atoms with Crippen LogP contribution >= 0.6 is 0 Å². The predicted molar refractivity (Wildman–Crippen MR) is 90.8 cm³/mol. The van der Waals surface area contributed by atoms with Gasteiger partial charge < -0.3 is 14.4 Å². The standard InChI is InChI=1S/C19H27NO3/c1-14-10-11-20(18-9-4-3-8-17(14)18)19(21)15(2)23-13-16-7-5-6-12-22-16/h3-4,8-9,14-16H,5-7,10-13H2,1-2H3. The first-order valence-corrected chi connectivity index (χ1v) is 8.80. The van der Waals surface area contributed by atoms with Gasteiger partial charge in [0.15, 0.2) is 0 Å². The molecule has 3 unspecified atom stereocenters. The van der Waals surface area contributed by atoms with Crippen molar-refractivity contribution in [2.24, 2.45) is 0 Å². The lowest BCUT2D eigenvalue weighted by molar-refractivity contribution is -0.133. The van der Waals surface area contributed by atoms with Gasteiger partial charge >= 0.3 is 0 Å². The van der Waals surface area contributed by atoms with Crippen molar-refractivity contribution < 1.29 is 14.3 Å². The number of ether oxygens (including phenoxy) is 2. The minimum Gasteiger partial charge on any atom is -0.376 e. The van der Waals surface area contributed by atoms with Gasteiger partial charge in [-0.1, -0.05) is 25.1 Å². The zero-order valence-electron chi connectivity index (χ0n) is 14.2. The zero-order chi connectivity index (χ0) is 16.2. The van der Waals surface area contributed by atoms with E-state index in [4.69, 9.17) is 9.47 Å². The summed E-state index contributed by atoms with van der Waals surface area (Å²) >= 11 is 0. The van der Waals surface area contributed by atoms with E-state index in [0.717, 1.165) is 38.1 Å². The third kappa shape index (κ3) is 3.75. The summed E-state index contributed by atoms with van der Waals surface area (Å²) in [7, 11) is 0. The average Bonchev–Trinajstić information content (AvgIpc) is 2.60. The molecule has 1 amide bonds. The Kier molecular flexibility index (Phi) is 5.34. The number of amides is 1. The van der Waals surface area contributed by atoms with E-state index in [1.165, 1.54) is 12.0 Å². The van der Waals surface area contributed by atoms with Crippen molar-refractivity contribution in [3.63, 3.8) is 0 Å². The Labute approximate surface area is 138 Å². The summed E-state index contributed by atoms with van der Waals surface area (Å²) in [6, 6.07) is 8.21. The van der Waals surface area contributed by atoms with Crippen LogP contribution in [-0.4, -0.2) is 37.9 Å². The molecule has 0 N–H and O–H groups in total. The van der Waals surface area contributed by atoms with Crippen molar-refractivity contribution in [1.82, 2.24) is 0 Å². The van der Waals surface area contributed by atoms with Crippen LogP contribution in [0.25, 0.3) is 0 Å². The Morgan fingerprint density at radius 3 is 2.96 bits per heavy atom. The van der Waals surface area contributed by atoms with Crippen LogP contribution in [0.15, 0.2) is 24.3 Å². The maximum Gasteiger partial charge on any atom is 0.255 e. The highest BCUT2D eigenvalue weighted by atomic mass is 16.5. The molecule has 0 aromatic heterocycles. The lowest BCUT2D eigenvalue weighted by Crippen LogP contribution is -2.43. The summed E-state index contributed by atoms with van der Waals surface area (Å²) in [5, 5.41) is 0. The maximum absolute atomic E-state index is 12.8. The largest absolute Gasteiger partial charge is 0.376 e. The molecule has 1 fully saturated rings. The van der Waals surface area contributed by atoms with Crippen molar-refractivity contribution in [2.75, 3.05) is 24.7 Å². The van der Waals surface area contributed by atoms with Gasteiger partial charge in [0.05, 0.1) is 12.7 Å². The second-order valence-corrected chi connectivity index (χ2v) is 6.70. The number of benzene rings is 1. The van der Waals surface area contributed by atoms with Gasteiger partial charge in [-0.2, -0.15) is 0 Å². The molecule has 2 aliphatic rings. The van der Waals surface area contributed by atoms with Gasteiger partial charge in [-0.15, -0.1) is 0 Å². The maximum atomic E-state index is 12.8. The summed E-state index contributed by atoms with van der Waals surface area (Å²) in [4.78, 5) is 14.7. The average molecular weight is 317 g/mol. The first kappa shape index (κ1) is 16.5. The number of fused-ring (bicyclic) bond motifs is 1. The van der Waals surface area contributed by atoms with Gasteiger partial charge in [-0.25, -0.2) is 0 Å². The molecule has 3 atom stereocenters. The van der Waals surface area contributed by atoms with E-state index in [-0.39, 0.29) is 12.0 Å². The fourth-order valence-electron chi connectivity index (χ4n) is 3.46. The van der Waals surface area contributed by atoms with Gasteiger partial charge in [0.2, 0.25) is 0 Å². The van der Waals surface area contributed by atoms with E-state index >= 15 is 0 Å².